The number of nitriles is 1. The second-order valence-corrected chi connectivity index (χ2v) is 5.65. The molecule has 0 spiro atoms. The zero-order chi connectivity index (χ0) is 14.7. The van der Waals surface area contributed by atoms with E-state index in [1.54, 1.807) is 11.0 Å². The van der Waals surface area contributed by atoms with Crippen molar-refractivity contribution in [1.29, 1.82) is 5.26 Å². The number of nitrogens with zero attached hydrogens (tertiary/aromatic N) is 5. The maximum atomic E-state index is 8.84. The number of tetrazole rings is 1. The number of aromatic nitrogens is 4. The van der Waals surface area contributed by atoms with Gasteiger partial charge in [0.25, 0.3) is 0 Å². The molecule has 0 unspecified atom stereocenters. The Morgan fingerprint density at radius 3 is 2.95 bits per heavy atom. The topological polar surface area (TPSA) is 79.4 Å². The molecule has 0 radical (unpaired) electrons. The van der Waals surface area contributed by atoms with E-state index in [9.17, 15) is 0 Å². The molecule has 0 amide bonds. The highest BCUT2D eigenvalue weighted by molar-refractivity contribution is 7.12. The minimum absolute atomic E-state index is 0.687. The number of aryl methyl sites for hydroxylation is 1. The Morgan fingerprint density at radius 1 is 1.33 bits per heavy atom. The van der Waals surface area contributed by atoms with Crippen LogP contribution >= 0.6 is 11.3 Å². The van der Waals surface area contributed by atoms with Crippen molar-refractivity contribution in [3.8, 4) is 11.8 Å². The van der Waals surface area contributed by atoms with Gasteiger partial charge in [0.1, 0.15) is 17.3 Å². The standard InChI is InChI=1S/C14H12N6S/c1-10-2-3-11(20-9-17-18-19-20)6-14(10)16-8-13-5-4-12(7-15)21-13/h2-6,9,16H,8H2,1H3. The Morgan fingerprint density at radius 2 is 2.24 bits per heavy atom. The molecule has 2 heterocycles. The van der Waals surface area contributed by atoms with E-state index in [4.69, 9.17) is 5.26 Å². The van der Waals surface area contributed by atoms with Gasteiger partial charge in [-0.15, -0.1) is 16.4 Å². The lowest BCUT2D eigenvalue weighted by molar-refractivity contribution is 0.789. The zero-order valence-electron chi connectivity index (χ0n) is 11.3. The maximum absolute atomic E-state index is 8.84. The fraction of sp³-hybridized carbons (Fsp3) is 0.143. The van der Waals surface area contributed by atoms with Gasteiger partial charge in [-0.25, -0.2) is 4.68 Å². The summed E-state index contributed by atoms with van der Waals surface area (Å²) in [4.78, 5) is 1.85. The Bertz CT molecular complexity index is 784. The summed E-state index contributed by atoms with van der Waals surface area (Å²) in [6, 6.07) is 12.0. The average molecular weight is 296 g/mol. The van der Waals surface area contributed by atoms with Crippen LogP contribution in [0, 0.1) is 18.3 Å². The maximum Gasteiger partial charge on any atom is 0.143 e. The third-order valence-corrected chi connectivity index (χ3v) is 4.05. The Labute approximate surface area is 125 Å². The van der Waals surface area contributed by atoms with Crippen molar-refractivity contribution in [2.24, 2.45) is 0 Å². The number of rotatable bonds is 4. The fourth-order valence-electron chi connectivity index (χ4n) is 1.94. The van der Waals surface area contributed by atoms with Crippen molar-refractivity contribution in [3.63, 3.8) is 0 Å². The summed E-state index contributed by atoms with van der Waals surface area (Å²) >= 11 is 1.50. The third kappa shape index (κ3) is 2.90. The molecule has 0 aliphatic heterocycles. The Kier molecular flexibility index (Phi) is 3.62. The average Bonchev–Trinajstić information content (AvgIpc) is 3.18. The van der Waals surface area contributed by atoms with Crippen molar-refractivity contribution >= 4 is 17.0 Å². The number of thiophene rings is 1. The Balaban J connectivity index is 1.78. The molecule has 0 bridgehead atoms. The largest absolute Gasteiger partial charge is 0.380 e. The van der Waals surface area contributed by atoms with E-state index < -0.39 is 0 Å². The van der Waals surface area contributed by atoms with E-state index in [-0.39, 0.29) is 0 Å². The predicted molar refractivity (Wildman–Crippen MR) is 80.3 cm³/mol. The monoisotopic (exact) mass is 296 g/mol. The van der Waals surface area contributed by atoms with Crippen molar-refractivity contribution in [3.05, 3.63) is 52.0 Å². The van der Waals surface area contributed by atoms with Crippen LogP contribution in [0.2, 0.25) is 0 Å². The molecule has 0 fully saturated rings. The summed E-state index contributed by atoms with van der Waals surface area (Å²) < 4.78 is 1.61. The molecule has 0 saturated heterocycles. The molecular formula is C14H12N6S. The molecule has 0 aliphatic rings. The smallest absolute Gasteiger partial charge is 0.143 e. The van der Waals surface area contributed by atoms with Crippen molar-refractivity contribution in [2.45, 2.75) is 13.5 Å². The number of hydrogen-bond donors (Lipinski definition) is 1. The van der Waals surface area contributed by atoms with Crippen LogP contribution in [0.3, 0.4) is 0 Å². The minimum Gasteiger partial charge on any atom is -0.380 e. The predicted octanol–water partition coefficient (Wildman–Crippen LogP) is 2.52. The van der Waals surface area contributed by atoms with Gasteiger partial charge >= 0.3 is 0 Å². The van der Waals surface area contributed by atoms with Gasteiger partial charge in [-0.1, -0.05) is 6.07 Å². The fourth-order valence-corrected chi connectivity index (χ4v) is 2.68. The van der Waals surface area contributed by atoms with Crippen LogP contribution in [-0.2, 0) is 6.54 Å². The van der Waals surface area contributed by atoms with Gasteiger partial charge in [-0.05, 0) is 47.2 Å². The van der Waals surface area contributed by atoms with Gasteiger partial charge < -0.3 is 5.32 Å². The molecule has 0 saturated carbocycles. The van der Waals surface area contributed by atoms with Gasteiger partial charge in [0.2, 0.25) is 0 Å². The van der Waals surface area contributed by atoms with Crippen LogP contribution < -0.4 is 5.32 Å². The molecule has 6 nitrogen and oxygen atoms in total. The highest BCUT2D eigenvalue weighted by atomic mass is 32.1. The number of benzene rings is 1. The quantitative estimate of drug-likeness (QED) is 0.800. The summed E-state index contributed by atoms with van der Waals surface area (Å²) in [6.45, 7) is 2.73. The van der Waals surface area contributed by atoms with Gasteiger partial charge in [-0.3, -0.25) is 0 Å². The van der Waals surface area contributed by atoms with Crippen LogP contribution in [0.4, 0.5) is 5.69 Å². The van der Waals surface area contributed by atoms with Crippen LogP contribution in [0.15, 0.2) is 36.7 Å². The van der Waals surface area contributed by atoms with Gasteiger partial charge in [-0.2, -0.15) is 5.26 Å². The van der Waals surface area contributed by atoms with Crippen LogP contribution in [0.5, 0.6) is 0 Å². The molecule has 0 atom stereocenters. The summed E-state index contributed by atoms with van der Waals surface area (Å²) in [5.74, 6) is 0. The van der Waals surface area contributed by atoms with Crippen molar-refractivity contribution < 1.29 is 0 Å². The summed E-state index contributed by atoms with van der Waals surface area (Å²) in [6.07, 6.45) is 1.56. The molecule has 3 rings (SSSR count). The van der Waals surface area contributed by atoms with E-state index in [1.165, 1.54) is 11.3 Å². The van der Waals surface area contributed by atoms with E-state index in [2.05, 4.69) is 26.9 Å². The molecule has 2 aromatic heterocycles. The molecular weight excluding hydrogens is 284 g/mol. The molecule has 7 heteroatoms. The summed E-state index contributed by atoms with van der Waals surface area (Å²) in [5.41, 5.74) is 3.07. The third-order valence-electron chi connectivity index (χ3n) is 3.06. The lowest BCUT2D eigenvalue weighted by atomic mass is 10.2. The van der Waals surface area contributed by atoms with Crippen LogP contribution in [0.1, 0.15) is 15.3 Å². The van der Waals surface area contributed by atoms with Gasteiger partial charge in [0.15, 0.2) is 0 Å². The second-order valence-electron chi connectivity index (χ2n) is 4.48. The van der Waals surface area contributed by atoms with Crippen molar-refractivity contribution in [2.75, 3.05) is 5.32 Å². The van der Waals surface area contributed by atoms with Gasteiger partial charge in [0.05, 0.1) is 5.69 Å². The van der Waals surface area contributed by atoms with Crippen molar-refractivity contribution in [1.82, 2.24) is 20.2 Å². The first-order chi connectivity index (χ1) is 10.3. The van der Waals surface area contributed by atoms with Crippen LogP contribution in [-0.4, -0.2) is 20.2 Å². The SMILES string of the molecule is Cc1ccc(-n2cnnn2)cc1NCc1ccc(C#N)s1. The number of nitrogens with one attached hydrogen (secondary N) is 1. The molecule has 1 aromatic carbocycles. The summed E-state index contributed by atoms with van der Waals surface area (Å²) in [7, 11) is 0. The zero-order valence-corrected chi connectivity index (χ0v) is 12.1. The molecule has 21 heavy (non-hydrogen) atoms. The van der Waals surface area contributed by atoms with E-state index in [0.717, 1.165) is 26.7 Å². The lowest BCUT2D eigenvalue weighted by Crippen LogP contribution is -2.02. The number of anilines is 1. The highest BCUT2D eigenvalue weighted by Gasteiger charge is 2.04. The molecule has 0 aliphatic carbocycles. The Hall–Kier alpha value is -2.72. The summed E-state index contributed by atoms with van der Waals surface area (Å²) in [5, 5.41) is 23.4. The first-order valence-electron chi connectivity index (χ1n) is 6.33. The molecule has 3 aromatic rings. The first kappa shape index (κ1) is 13.3. The van der Waals surface area contributed by atoms with E-state index in [1.807, 2.05) is 37.3 Å². The van der Waals surface area contributed by atoms with E-state index >= 15 is 0 Å². The number of hydrogen-bond acceptors (Lipinski definition) is 6. The normalized spacial score (nSPS) is 10.3. The lowest BCUT2D eigenvalue weighted by Gasteiger charge is -2.10. The van der Waals surface area contributed by atoms with Crippen LogP contribution in [0.25, 0.3) is 5.69 Å². The minimum atomic E-state index is 0.687. The van der Waals surface area contributed by atoms with Gasteiger partial charge in [0, 0.05) is 17.1 Å². The van der Waals surface area contributed by atoms with E-state index in [0.29, 0.717) is 6.54 Å². The first-order valence-corrected chi connectivity index (χ1v) is 7.14. The molecule has 1 N–H and O–H groups in total. The second kappa shape index (κ2) is 5.73. The highest BCUT2D eigenvalue weighted by Crippen LogP contribution is 2.21. The molecule has 104 valence electrons.